The first kappa shape index (κ1) is 11.5. The van der Waals surface area contributed by atoms with Crippen molar-refractivity contribution in [3.05, 3.63) is 59.5 Å². The molecular formula is C14H14O3. The Morgan fingerprint density at radius 1 is 1.24 bits per heavy atom. The number of esters is 1. The highest BCUT2D eigenvalue weighted by atomic mass is 16.5. The van der Waals surface area contributed by atoms with Crippen LogP contribution in [0.5, 0.6) is 0 Å². The summed E-state index contributed by atoms with van der Waals surface area (Å²) in [5, 5.41) is 0. The van der Waals surface area contributed by atoms with Crippen LogP contribution in [0.4, 0.5) is 0 Å². The quantitative estimate of drug-likeness (QED) is 0.758. The zero-order chi connectivity index (χ0) is 12.1. The normalized spacial score (nSPS) is 10.2. The van der Waals surface area contributed by atoms with Gasteiger partial charge in [0.1, 0.15) is 12.0 Å². The summed E-state index contributed by atoms with van der Waals surface area (Å²) < 4.78 is 9.92. The maximum absolute atomic E-state index is 11.2. The first-order valence-corrected chi connectivity index (χ1v) is 5.49. The zero-order valence-electron chi connectivity index (χ0n) is 9.68. The molecule has 0 saturated carbocycles. The predicted molar refractivity (Wildman–Crippen MR) is 63.9 cm³/mol. The van der Waals surface area contributed by atoms with E-state index in [0.717, 1.165) is 18.6 Å². The highest BCUT2D eigenvalue weighted by molar-refractivity contribution is 5.88. The van der Waals surface area contributed by atoms with E-state index in [1.54, 1.807) is 6.07 Å². The van der Waals surface area contributed by atoms with Crippen molar-refractivity contribution in [1.82, 2.24) is 0 Å². The smallest absolute Gasteiger partial charge is 0.341 e. The average Bonchev–Trinajstić information content (AvgIpc) is 2.85. The molecule has 0 radical (unpaired) electrons. The van der Waals surface area contributed by atoms with Crippen LogP contribution in [0.25, 0.3) is 0 Å². The topological polar surface area (TPSA) is 39.4 Å². The molecule has 0 amide bonds. The number of methoxy groups -OCH3 is 1. The van der Waals surface area contributed by atoms with Gasteiger partial charge in [0.05, 0.1) is 12.7 Å². The number of ether oxygens (including phenoxy) is 1. The molecule has 2 rings (SSSR count). The van der Waals surface area contributed by atoms with E-state index in [-0.39, 0.29) is 5.97 Å². The molecule has 0 aliphatic rings. The van der Waals surface area contributed by atoms with Crippen molar-refractivity contribution >= 4 is 5.97 Å². The van der Waals surface area contributed by atoms with Gasteiger partial charge in [-0.05, 0) is 18.1 Å². The summed E-state index contributed by atoms with van der Waals surface area (Å²) in [5.74, 6) is 0.439. The molecular weight excluding hydrogens is 216 g/mol. The lowest BCUT2D eigenvalue weighted by Gasteiger charge is -1.97. The monoisotopic (exact) mass is 230 g/mol. The number of hydrogen-bond donors (Lipinski definition) is 0. The van der Waals surface area contributed by atoms with Crippen LogP contribution in [0.2, 0.25) is 0 Å². The first-order valence-electron chi connectivity index (χ1n) is 5.49. The van der Waals surface area contributed by atoms with Crippen molar-refractivity contribution in [2.45, 2.75) is 12.8 Å². The summed E-state index contributed by atoms with van der Waals surface area (Å²) in [6.45, 7) is 0. The summed E-state index contributed by atoms with van der Waals surface area (Å²) in [4.78, 5) is 11.2. The highest BCUT2D eigenvalue weighted by Crippen LogP contribution is 2.12. The third kappa shape index (κ3) is 2.97. The molecule has 17 heavy (non-hydrogen) atoms. The van der Waals surface area contributed by atoms with E-state index < -0.39 is 0 Å². The fourth-order valence-corrected chi connectivity index (χ4v) is 1.65. The highest BCUT2D eigenvalue weighted by Gasteiger charge is 2.09. The van der Waals surface area contributed by atoms with Gasteiger partial charge >= 0.3 is 5.97 Å². The number of hydrogen-bond acceptors (Lipinski definition) is 3. The molecule has 3 nitrogen and oxygen atoms in total. The van der Waals surface area contributed by atoms with Crippen LogP contribution in [0.1, 0.15) is 21.7 Å². The minimum Gasteiger partial charge on any atom is -0.468 e. The van der Waals surface area contributed by atoms with Gasteiger partial charge in [-0.1, -0.05) is 30.3 Å². The standard InChI is InChI=1S/C14H14O3/c1-16-14(15)12-9-13(17-10-12)8-7-11-5-3-2-4-6-11/h2-6,9-10H,7-8H2,1H3. The molecule has 0 unspecified atom stereocenters. The van der Waals surface area contributed by atoms with Crippen molar-refractivity contribution < 1.29 is 13.9 Å². The molecule has 0 spiro atoms. The Morgan fingerprint density at radius 3 is 2.71 bits per heavy atom. The van der Waals surface area contributed by atoms with E-state index in [0.29, 0.717) is 5.56 Å². The zero-order valence-corrected chi connectivity index (χ0v) is 9.68. The van der Waals surface area contributed by atoms with E-state index in [4.69, 9.17) is 4.42 Å². The fraction of sp³-hybridized carbons (Fsp3) is 0.214. The average molecular weight is 230 g/mol. The van der Waals surface area contributed by atoms with E-state index in [1.165, 1.54) is 18.9 Å². The second kappa shape index (κ2) is 5.34. The van der Waals surface area contributed by atoms with Gasteiger partial charge in [-0.25, -0.2) is 4.79 Å². The van der Waals surface area contributed by atoms with E-state index >= 15 is 0 Å². The number of benzene rings is 1. The minimum atomic E-state index is -0.361. The van der Waals surface area contributed by atoms with Crippen molar-refractivity contribution in [2.24, 2.45) is 0 Å². The molecule has 88 valence electrons. The Bertz CT molecular complexity index is 485. The Morgan fingerprint density at radius 2 is 2.00 bits per heavy atom. The van der Waals surface area contributed by atoms with Crippen molar-refractivity contribution in [3.8, 4) is 0 Å². The predicted octanol–water partition coefficient (Wildman–Crippen LogP) is 2.85. The number of carbonyl (C=O) groups is 1. The molecule has 3 heteroatoms. The van der Waals surface area contributed by atoms with Crippen LogP contribution in [-0.4, -0.2) is 13.1 Å². The van der Waals surface area contributed by atoms with Gasteiger partial charge in [-0.3, -0.25) is 0 Å². The van der Waals surface area contributed by atoms with Crippen LogP contribution < -0.4 is 0 Å². The molecule has 0 fully saturated rings. The SMILES string of the molecule is COC(=O)c1coc(CCc2ccccc2)c1. The molecule has 0 saturated heterocycles. The maximum Gasteiger partial charge on any atom is 0.341 e. The molecule has 0 aliphatic heterocycles. The Hall–Kier alpha value is -2.03. The van der Waals surface area contributed by atoms with E-state index in [1.807, 2.05) is 18.2 Å². The number of aryl methyl sites for hydroxylation is 2. The van der Waals surface area contributed by atoms with Crippen LogP contribution in [0.15, 0.2) is 47.1 Å². The Kier molecular flexibility index (Phi) is 3.60. The first-order chi connectivity index (χ1) is 8.29. The van der Waals surface area contributed by atoms with Crippen molar-refractivity contribution in [2.75, 3.05) is 7.11 Å². The molecule has 0 atom stereocenters. The molecule has 0 bridgehead atoms. The largest absolute Gasteiger partial charge is 0.468 e. The van der Waals surface area contributed by atoms with E-state index in [2.05, 4.69) is 16.9 Å². The summed E-state index contributed by atoms with van der Waals surface area (Å²) in [7, 11) is 1.36. The number of rotatable bonds is 4. The molecule has 0 N–H and O–H groups in total. The Labute approximate surface area is 100 Å². The molecule has 1 aromatic carbocycles. The molecule has 1 heterocycles. The molecule has 1 aromatic heterocycles. The van der Waals surface area contributed by atoms with Gasteiger partial charge in [0.15, 0.2) is 0 Å². The summed E-state index contributed by atoms with van der Waals surface area (Å²) in [5.41, 5.74) is 1.72. The van der Waals surface area contributed by atoms with Gasteiger partial charge in [-0.15, -0.1) is 0 Å². The van der Waals surface area contributed by atoms with Crippen molar-refractivity contribution in [3.63, 3.8) is 0 Å². The van der Waals surface area contributed by atoms with Crippen LogP contribution in [0, 0.1) is 0 Å². The Balaban J connectivity index is 1.96. The van der Waals surface area contributed by atoms with Crippen LogP contribution in [-0.2, 0) is 17.6 Å². The second-order valence-corrected chi connectivity index (χ2v) is 3.78. The molecule has 2 aromatic rings. The lowest BCUT2D eigenvalue weighted by atomic mass is 10.1. The van der Waals surface area contributed by atoms with Crippen molar-refractivity contribution in [1.29, 1.82) is 0 Å². The second-order valence-electron chi connectivity index (χ2n) is 3.78. The summed E-state index contributed by atoms with van der Waals surface area (Å²) >= 11 is 0. The van der Waals surface area contributed by atoms with Gasteiger partial charge in [0.25, 0.3) is 0 Å². The third-order valence-electron chi connectivity index (χ3n) is 2.58. The maximum atomic E-state index is 11.2. The summed E-state index contributed by atoms with van der Waals surface area (Å²) in [6, 6.07) is 11.9. The minimum absolute atomic E-state index is 0.361. The third-order valence-corrected chi connectivity index (χ3v) is 2.58. The number of furan rings is 1. The van der Waals surface area contributed by atoms with E-state index in [9.17, 15) is 4.79 Å². The summed E-state index contributed by atoms with van der Waals surface area (Å²) in [6.07, 6.45) is 3.11. The molecule has 0 aliphatic carbocycles. The van der Waals surface area contributed by atoms with Gasteiger partial charge in [0, 0.05) is 6.42 Å². The number of carbonyl (C=O) groups excluding carboxylic acids is 1. The van der Waals surface area contributed by atoms with Crippen LogP contribution in [0.3, 0.4) is 0 Å². The van der Waals surface area contributed by atoms with Crippen LogP contribution >= 0.6 is 0 Å². The lowest BCUT2D eigenvalue weighted by molar-refractivity contribution is 0.0600. The van der Waals surface area contributed by atoms with Gasteiger partial charge in [-0.2, -0.15) is 0 Å². The van der Waals surface area contributed by atoms with Gasteiger partial charge < -0.3 is 9.15 Å². The fourth-order valence-electron chi connectivity index (χ4n) is 1.65. The van der Waals surface area contributed by atoms with Gasteiger partial charge in [0.2, 0.25) is 0 Å². The lowest BCUT2D eigenvalue weighted by Crippen LogP contribution is -1.98.